The molecule has 0 aromatic heterocycles. The molecule has 0 unspecified atom stereocenters. The van der Waals surface area contributed by atoms with Crippen molar-refractivity contribution in [1.82, 2.24) is 0 Å². The SMILES string of the molecule is [Cl][Ga][Cl].[NH-]CC([O-])=NCC(=O)O. The van der Waals surface area contributed by atoms with Crippen LogP contribution in [0.3, 0.4) is 0 Å². The van der Waals surface area contributed by atoms with Crippen molar-refractivity contribution >= 4 is 46.5 Å². The van der Waals surface area contributed by atoms with Crippen LogP contribution >= 0.6 is 19.3 Å². The predicted octanol–water partition coefficient (Wildman–Crippen LogP) is -0.120. The standard InChI is InChI=1S/C4H7N2O3.2ClH.Ga/c5-1-3(7)6-2-4(8)9;;;/h5H,1-2H2,(H,6,7)(H,8,9);2*1H;/q-1;;;+2/p-3. The van der Waals surface area contributed by atoms with Gasteiger partial charge in [-0.3, -0.25) is 9.79 Å². The Hall–Kier alpha value is 0.116. The Morgan fingerprint density at radius 2 is 2.08 bits per heavy atom. The van der Waals surface area contributed by atoms with Gasteiger partial charge in [0, 0.05) is 0 Å². The van der Waals surface area contributed by atoms with Gasteiger partial charge in [0.1, 0.15) is 6.54 Å². The molecule has 0 rings (SSSR count). The molecular formula is C4H6Cl2GaN2O3-2. The third-order valence-electron chi connectivity index (χ3n) is 0.542. The second-order valence-corrected chi connectivity index (χ2v) is 5.14. The largest absolute Gasteiger partial charge is 0.863 e. The van der Waals surface area contributed by atoms with Gasteiger partial charge in [0.15, 0.2) is 0 Å². The maximum Gasteiger partial charge on any atom is 0.325 e. The normalized spacial score (nSPS) is 9.75. The Bertz CT molecular complexity index is 155. The van der Waals surface area contributed by atoms with Crippen LogP contribution < -0.4 is 5.11 Å². The van der Waals surface area contributed by atoms with Gasteiger partial charge >= 0.3 is 40.7 Å². The van der Waals surface area contributed by atoms with Crippen LogP contribution in [0.5, 0.6) is 0 Å². The Labute approximate surface area is 85.4 Å². The summed E-state index contributed by atoms with van der Waals surface area (Å²) in [5.41, 5.74) is 6.42. The smallest absolute Gasteiger partial charge is 0.325 e. The number of halogens is 2. The van der Waals surface area contributed by atoms with Crippen LogP contribution in [0.1, 0.15) is 0 Å². The van der Waals surface area contributed by atoms with Crippen molar-refractivity contribution in [3.8, 4) is 0 Å². The minimum atomic E-state index is -1.16. The van der Waals surface area contributed by atoms with Crippen molar-refractivity contribution in [2.45, 2.75) is 0 Å². The molecular weight excluding hydrogens is 265 g/mol. The molecule has 0 amide bonds. The van der Waals surface area contributed by atoms with Crippen LogP contribution in [0.4, 0.5) is 0 Å². The van der Waals surface area contributed by atoms with E-state index in [0.717, 1.165) is 0 Å². The molecule has 69 valence electrons. The molecule has 2 N–H and O–H groups in total. The summed E-state index contributed by atoms with van der Waals surface area (Å²) < 4.78 is 0. The average molecular weight is 271 g/mol. The van der Waals surface area contributed by atoms with E-state index in [9.17, 15) is 9.90 Å². The Morgan fingerprint density at radius 1 is 1.67 bits per heavy atom. The van der Waals surface area contributed by atoms with Crippen molar-refractivity contribution in [1.29, 1.82) is 0 Å². The summed E-state index contributed by atoms with van der Waals surface area (Å²) in [4.78, 5) is 12.7. The summed E-state index contributed by atoms with van der Waals surface area (Å²) in [6.45, 7) is -1.01. The summed E-state index contributed by atoms with van der Waals surface area (Å²) in [5, 5.41) is 18.0. The molecule has 12 heavy (non-hydrogen) atoms. The molecule has 0 atom stereocenters. The van der Waals surface area contributed by atoms with E-state index in [1.54, 1.807) is 0 Å². The van der Waals surface area contributed by atoms with Gasteiger partial charge < -0.3 is 15.9 Å². The molecule has 0 aliphatic heterocycles. The Kier molecular flexibility index (Phi) is 13.6. The quantitative estimate of drug-likeness (QED) is 0.440. The van der Waals surface area contributed by atoms with Crippen LogP contribution in [-0.2, 0) is 4.79 Å². The molecule has 0 saturated heterocycles. The molecule has 0 heterocycles. The summed E-state index contributed by atoms with van der Waals surface area (Å²) in [7, 11) is 9.84. The first kappa shape index (κ1) is 14.6. The first-order chi connectivity index (χ1) is 5.58. The first-order valence-electron chi connectivity index (χ1n) is 2.67. The van der Waals surface area contributed by atoms with Crippen LogP contribution in [0.2, 0.25) is 0 Å². The van der Waals surface area contributed by atoms with E-state index in [2.05, 4.69) is 4.99 Å². The van der Waals surface area contributed by atoms with E-state index < -0.39 is 40.4 Å². The van der Waals surface area contributed by atoms with E-state index in [4.69, 9.17) is 30.1 Å². The number of nitrogens with one attached hydrogen (secondary N) is 1. The number of hydrogen-bond acceptors (Lipinski definition) is 3. The molecule has 5 nitrogen and oxygen atoms in total. The number of carboxylic acid groups (broad SMARTS) is 1. The number of carboxylic acids is 1. The minimum absolute atomic E-state index is 0.479. The Morgan fingerprint density at radius 3 is 2.33 bits per heavy atom. The van der Waals surface area contributed by atoms with Crippen molar-refractivity contribution in [3.63, 3.8) is 0 Å². The topological polar surface area (TPSA) is 96.5 Å². The number of nitrogens with zero attached hydrogens (tertiary/aromatic N) is 1. The number of rotatable bonds is 3. The summed E-state index contributed by atoms with van der Waals surface area (Å²) in [6.07, 6.45) is 0. The maximum atomic E-state index is 10.1. The van der Waals surface area contributed by atoms with Gasteiger partial charge in [0.05, 0.1) is 0 Å². The average Bonchev–Trinajstić information content (AvgIpc) is 2.01. The van der Waals surface area contributed by atoms with E-state index >= 15 is 0 Å². The summed E-state index contributed by atoms with van der Waals surface area (Å²) >= 11 is -0.743. The van der Waals surface area contributed by atoms with Gasteiger partial charge in [-0.25, -0.2) is 0 Å². The van der Waals surface area contributed by atoms with Crippen LogP contribution in [-0.4, -0.2) is 45.5 Å². The fraction of sp³-hybridized carbons (Fsp3) is 0.500. The maximum absolute atomic E-state index is 10.1. The molecule has 0 aliphatic carbocycles. The van der Waals surface area contributed by atoms with Crippen LogP contribution in [0.15, 0.2) is 4.99 Å². The molecule has 0 aliphatic rings. The van der Waals surface area contributed by atoms with Gasteiger partial charge in [-0.1, -0.05) is 5.90 Å². The third-order valence-corrected chi connectivity index (χ3v) is 0.542. The number of hydrogen-bond donors (Lipinski definition) is 1. The predicted molar refractivity (Wildman–Crippen MR) is 46.6 cm³/mol. The van der Waals surface area contributed by atoms with Gasteiger partial charge in [-0.05, 0) is 0 Å². The van der Waals surface area contributed by atoms with Gasteiger partial charge in [0.25, 0.3) is 0 Å². The monoisotopic (exact) mass is 269 g/mol. The number of aliphatic carboxylic acids is 1. The fourth-order valence-electron chi connectivity index (χ4n) is 0.212. The van der Waals surface area contributed by atoms with Crippen molar-refractivity contribution in [3.05, 3.63) is 5.73 Å². The molecule has 1 radical (unpaired) electrons. The molecule has 0 aromatic carbocycles. The summed E-state index contributed by atoms with van der Waals surface area (Å²) in [6, 6.07) is 0. The van der Waals surface area contributed by atoms with Gasteiger partial charge in [-0.2, -0.15) is 0 Å². The van der Waals surface area contributed by atoms with Gasteiger partial charge in [-0.15, -0.1) is 6.54 Å². The second kappa shape index (κ2) is 11.1. The first-order valence-corrected chi connectivity index (χ1v) is 9.04. The van der Waals surface area contributed by atoms with Crippen LogP contribution in [0, 0.1) is 0 Å². The molecule has 0 aromatic rings. The van der Waals surface area contributed by atoms with E-state index in [-0.39, 0.29) is 0 Å². The zero-order valence-electron chi connectivity index (χ0n) is 5.96. The summed E-state index contributed by atoms with van der Waals surface area (Å²) in [5.74, 6) is -1.85. The third kappa shape index (κ3) is 16.6. The fourth-order valence-corrected chi connectivity index (χ4v) is 0.212. The van der Waals surface area contributed by atoms with Crippen molar-refractivity contribution in [2.24, 2.45) is 4.99 Å². The zero-order chi connectivity index (χ0) is 9.98. The van der Waals surface area contributed by atoms with Crippen molar-refractivity contribution in [2.75, 3.05) is 13.1 Å². The second-order valence-electron chi connectivity index (χ2n) is 1.36. The molecule has 0 bridgehead atoms. The minimum Gasteiger partial charge on any atom is -0.863 e. The van der Waals surface area contributed by atoms with Crippen molar-refractivity contribution < 1.29 is 15.0 Å². The molecule has 8 heteroatoms. The molecule has 0 spiro atoms. The number of aliphatic imine (C=N–C) groups is 1. The van der Waals surface area contributed by atoms with E-state index in [0.29, 0.717) is 0 Å². The van der Waals surface area contributed by atoms with Crippen LogP contribution in [0.25, 0.3) is 5.73 Å². The van der Waals surface area contributed by atoms with E-state index in [1.807, 2.05) is 0 Å². The molecule has 0 fully saturated rings. The van der Waals surface area contributed by atoms with E-state index in [1.165, 1.54) is 0 Å². The molecule has 0 saturated carbocycles. The Balaban J connectivity index is 0. The zero-order valence-corrected chi connectivity index (χ0v) is 9.89. The van der Waals surface area contributed by atoms with Gasteiger partial charge in [0.2, 0.25) is 0 Å². The number of carbonyl (C=O) groups is 1.